The van der Waals surface area contributed by atoms with E-state index in [-0.39, 0.29) is 5.97 Å². The summed E-state index contributed by atoms with van der Waals surface area (Å²) >= 11 is 0. The van der Waals surface area contributed by atoms with Crippen molar-refractivity contribution in [3.05, 3.63) is 6.42 Å². The maximum atomic E-state index is 10.1. The Morgan fingerprint density at radius 2 is 2.44 bits per heavy atom. The molecule has 0 aromatic heterocycles. The number of hydrogen-bond donors (Lipinski definition) is 0. The number of rotatable bonds is 3. The molecule has 0 aromatic carbocycles. The Morgan fingerprint density at radius 3 is 2.89 bits per heavy atom. The zero-order valence-electron chi connectivity index (χ0n) is 5.44. The van der Waals surface area contributed by atoms with Crippen molar-refractivity contribution in [2.75, 3.05) is 6.61 Å². The minimum absolute atomic E-state index is 0.264. The van der Waals surface area contributed by atoms with E-state index in [9.17, 15) is 4.79 Å². The minimum Gasteiger partial charge on any atom is -0.466 e. The summed E-state index contributed by atoms with van der Waals surface area (Å²) in [7, 11) is 0. The number of esters is 1. The predicted molar refractivity (Wildman–Crippen MR) is 33.0 cm³/mol. The number of carbonyl (C=O) groups is 1. The molecule has 9 heavy (non-hydrogen) atoms. The van der Waals surface area contributed by atoms with Crippen molar-refractivity contribution in [1.29, 1.82) is 0 Å². The first kappa shape index (κ1) is 8.03. The SMILES string of the molecule is [C]#CCCCOC(C)=O. The molecule has 0 rings (SSSR count). The Morgan fingerprint density at radius 1 is 1.78 bits per heavy atom. The van der Waals surface area contributed by atoms with Crippen LogP contribution in [0.5, 0.6) is 0 Å². The summed E-state index contributed by atoms with van der Waals surface area (Å²) < 4.78 is 4.58. The van der Waals surface area contributed by atoms with Gasteiger partial charge in [-0.2, -0.15) is 0 Å². The molecule has 0 spiro atoms. The molecule has 2 nitrogen and oxygen atoms in total. The quantitative estimate of drug-likeness (QED) is 0.318. The molecule has 0 bridgehead atoms. The summed E-state index contributed by atoms with van der Waals surface area (Å²) in [6, 6.07) is 0. The van der Waals surface area contributed by atoms with Gasteiger partial charge in [0.2, 0.25) is 0 Å². The molecule has 0 fully saturated rings. The van der Waals surface area contributed by atoms with E-state index in [1.807, 2.05) is 0 Å². The van der Waals surface area contributed by atoms with Crippen LogP contribution >= 0.6 is 0 Å². The zero-order valence-corrected chi connectivity index (χ0v) is 5.44. The summed E-state index contributed by atoms with van der Waals surface area (Å²) in [5.41, 5.74) is 0. The fourth-order valence-electron chi connectivity index (χ4n) is 0.376. The molecule has 0 aliphatic carbocycles. The second-order valence-corrected chi connectivity index (χ2v) is 1.62. The van der Waals surface area contributed by atoms with Gasteiger partial charge in [0.25, 0.3) is 0 Å². The van der Waals surface area contributed by atoms with E-state index in [1.165, 1.54) is 6.92 Å². The van der Waals surface area contributed by atoms with Crippen LogP contribution in [0.2, 0.25) is 0 Å². The molecule has 0 aliphatic heterocycles. The van der Waals surface area contributed by atoms with E-state index in [0.29, 0.717) is 19.4 Å². The Bertz CT molecular complexity index is 121. The van der Waals surface area contributed by atoms with E-state index < -0.39 is 0 Å². The fraction of sp³-hybridized carbons (Fsp3) is 0.571. The number of carbonyl (C=O) groups excluding carboxylic acids is 1. The topological polar surface area (TPSA) is 26.3 Å². The zero-order chi connectivity index (χ0) is 7.11. The van der Waals surface area contributed by atoms with Gasteiger partial charge in [0, 0.05) is 13.3 Å². The molecule has 0 aromatic rings. The van der Waals surface area contributed by atoms with Crippen LogP contribution in [0.25, 0.3) is 0 Å². The van der Waals surface area contributed by atoms with Crippen molar-refractivity contribution in [2.45, 2.75) is 19.8 Å². The largest absolute Gasteiger partial charge is 0.466 e. The van der Waals surface area contributed by atoms with Crippen LogP contribution in [0.3, 0.4) is 0 Å². The number of ether oxygens (including phenoxy) is 1. The lowest BCUT2D eigenvalue weighted by Gasteiger charge is -1.96. The van der Waals surface area contributed by atoms with Crippen LogP contribution < -0.4 is 0 Å². The lowest BCUT2D eigenvalue weighted by atomic mass is 10.3. The van der Waals surface area contributed by atoms with Crippen LogP contribution in [0.1, 0.15) is 19.8 Å². The van der Waals surface area contributed by atoms with Gasteiger partial charge >= 0.3 is 5.97 Å². The maximum Gasteiger partial charge on any atom is 0.302 e. The molecule has 0 atom stereocenters. The second-order valence-electron chi connectivity index (χ2n) is 1.62. The fourth-order valence-corrected chi connectivity index (χ4v) is 0.376. The van der Waals surface area contributed by atoms with Gasteiger partial charge in [-0.3, -0.25) is 4.79 Å². The first-order chi connectivity index (χ1) is 4.27. The van der Waals surface area contributed by atoms with Crippen molar-refractivity contribution < 1.29 is 9.53 Å². The Balaban J connectivity index is 2.94. The Kier molecular flexibility index (Phi) is 4.61. The van der Waals surface area contributed by atoms with Crippen LogP contribution in [-0.4, -0.2) is 12.6 Å². The molecule has 2 heteroatoms. The molecule has 0 unspecified atom stereocenters. The van der Waals surface area contributed by atoms with E-state index in [1.54, 1.807) is 0 Å². The van der Waals surface area contributed by atoms with Crippen molar-refractivity contribution in [3.8, 4) is 5.92 Å². The maximum absolute atomic E-state index is 10.1. The van der Waals surface area contributed by atoms with E-state index >= 15 is 0 Å². The minimum atomic E-state index is -0.264. The molecule has 0 aliphatic rings. The molecule has 0 saturated heterocycles. The Hall–Kier alpha value is -0.970. The molecule has 0 amide bonds. The summed E-state index contributed by atoms with van der Waals surface area (Å²) in [5, 5.41) is 0. The van der Waals surface area contributed by atoms with E-state index in [0.717, 1.165) is 0 Å². The molecule has 0 saturated carbocycles. The lowest BCUT2D eigenvalue weighted by Crippen LogP contribution is -1.99. The van der Waals surface area contributed by atoms with Crippen molar-refractivity contribution >= 4 is 5.97 Å². The van der Waals surface area contributed by atoms with Gasteiger partial charge in [-0.25, -0.2) is 0 Å². The standard InChI is InChI=1S/C7H9O2/c1-3-4-5-6-9-7(2)8/h4-6H2,2H3. The summed E-state index contributed by atoms with van der Waals surface area (Å²) in [6.07, 6.45) is 7.76. The molecule has 49 valence electrons. The average Bonchev–Trinajstić information content (AvgIpc) is 1.80. The van der Waals surface area contributed by atoms with Gasteiger partial charge in [0.05, 0.1) is 6.61 Å². The predicted octanol–water partition coefficient (Wildman–Crippen LogP) is 0.919. The lowest BCUT2D eigenvalue weighted by molar-refractivity contribution is -0.141. The summed E-state index contributed by atoms with van der Waals surface area (Å²) in [5.74, 6) is 1.94. The first-order valence-electron chi connectivity index (χ1n) is 2.80. The summed E-state index contributed by atoms with van der Waals surface area (Å²) in [4.78, 5) is 10.1. The third-order valence-corrected chi connectivity index (χ3v) is 0.751. The highest BCUT2D eigenvalue weighted by Gasteiger charge is 1.89. The average molecular weight is 125 g/mol. The van der Waals surface area contributed by atoms with Gasteiger partial charge < -0.3 is 4.74 Å². The van der Waals surface area contributed by atoms with E-state index in [2.05, 4.69) is 10.7 Å². The van der Waals surface area contributed by atoms with Gasteiger partial charge in [0.15, 0.2) is 0 Å². The third-order valence-electron chi connectivity index (χ3n) is 0.751. The molecular formula is C7H9O2. The smallest absolute Gasteiger partial charge is 0.302 e. The summed E-state index contributed by atoms with van der Waals surface area (Å²) in [6.45, 7) is 1.77. The number of unbranched alkanes of at least 4 members (excludes halogenated alkanes) is 1. The van der Waals surface area contributed by atoms with Crippen LogP contribution in [0.15, 0.2) is 0 Å². The van der Waals surface area contributed by atoms with Gasteiger partial charge in [-0.15, -0.1) is 0 Å². The highest BCUT2D eigenvalue weighted by molar-refractivity contribution is 5.65. The molecule has 0 heterocycles. The van der Waals surface area contributed by atoms with E-state index in [4.69, 9.17) is 6.42 Å². The molecule has 0 N–H and O–H groups in total. The van der Waals surface area contributed by atoms with Crippen LogP contribution in [0.4, 0.5) is 0 Å². The second kappa shape index (κ2) is 5.17. The van der Waals surface area contributed by atoms with Crippen LogP contribution in [0, 0.1) is 12.3 Å². The monoisotopic (exact) mass is 125 g/mol. The van der Waals surface area contributed by atoms with Crippen molar-refractivity contribution in [2.24, 2.45) is 0 Å². The highest BCUT2D eigenvalue weighted by Crippen LogP contribution is 1.87. The van der Waals surface area contributed by atoms with Crippen LogP contribution in [-0.2, 0) is 9.53 Å². The van der Waals surface area contributed by atoms with Gasteiger partial charge in [0.1, 0.15) is 0 Å². The number of hydrogen-bond acceptors (Lipinski definition) is 2. The normalized spacial score (nSPS) is 8.00. The molecular weight excluding hydrogens is 116 g/mol. The Labute approximate surface area is 55.2 Å². The van der Waals surface area contributed by atoms with Gasteiger partial charge in [-0.1, -0.05) is 5.92 Å². The van der Waals surface area contributed by atoms with Gasteiger partial charge in [-0.05, 0) is 12.8 Å². The van der Waals surface area contributed by atoms with Crippen molar-refractivity contribution in [1.82, 2.24) is 0 Å². The first-order valence-corrected chi connectivity index (χ1v) is 2.80. The third kappa shape index (κ3) is 7.03. The molecule has 1 radical (unpaired) electrons. The highest BCUT2D eigenvalue weighted by atomic mass is 16.5. The van der Waals surface area contributed by atoms with Crippen molar-refractivity contribution in [3.63, 3.8) is 0 Å².